The van der Waals surface area contributed by atoms with E-state index in [-0.39, 0.29) is 18.4 Å². The van der Waals surface area contributed by atoms with Crippen molar-refractivity contribution in [3.63, 3.8) is 0 Å². The van der Waals surface area contributed by atoms with Crippen molar-refractivity contribution in [2.75, 3.05) is 20.8 Å². The number of methoxy groups -OCH3 is 2. The number of hydrogen-bond acceptors (Lipinski definition) is 4. The predicted octanol–water partition coefficient (Wildman–Crippen LogP) is 3.38. The highest BCUT2D eigenvalue weighted by Crippen LogP contribution is 2.52. The van der Waals surface area contributed by atoms with Crippen LogP contribution in [0.25, 0.3) is 0 Å². The van der Waals surface area contributed by atoms with E-state index in [1.807, 2.05) is 36.4 Å². The van der Waals surface area contributed by atoms with Gasteiger partial charge >= 0.3 is 0 Å². The largest absolute Gasteiger partial charge is 0.493 e. The van der Waals surface area contributed by atoms with E-state index in [2.05, 4.69) is 18.7 Å². The van der Waals surface area contributed by atoms with E-state index < -0.39 is 5.60 Å². The Balaban J connectivity index is 2.23. The third kappa shape index (κ3) is 2.89. The van der Waals surface area contributed by atoms with Crippen molar-refractivity contribution in [1.82, 2.24) is 0 Å². The molecule has 4 heteroatoms. The van der Waals surface area contributed by atoms with Gasteiger partial charge in [-0.3, -0.25) is 0 Å². The minimum atomic E-state index is -1.15. The Hall–Kier alpha value is -2.30. The summed E-state index contributed by atoms with van der Waals surface area (Å²) < 4.78 is 11.1. The summed E-state index contributed by atoms with van der Waals surface area (Å²) in [5.41, 5.74) is 7.95. The van der Waals surface area contributed by atoms with Crippen LogP contribution in [0.15, 0.2) is 55.1 Å². The lowest BCUT2D eigenvalue weighted by Gasteiger charge is -2.46. The Labute approximate surface area is 155 Å². The number of rotatable bonds is 6. The molecule has 1 aliphatic carbocycles. The van der Waals surface area contributed by atoms with Gasteiger partial charge in [0.2, 0.25) is 0 Å². The van der Waals surface area contributed by atoms with Crippen molar-refractivity contribution >= 4 is 0 Å². The number of aliphatic hydroxyl groups is 1. The average Bonchev–Trinajstić information content (AvgIpc) is 2.69. The van der Waals surface area contributed by atoms with Crippen molar-refractivity contribution in [1.29, 1.82) is 0 Å². The van der Waals surface area contributed by atoms with Crippen LogP contribution in [0, 0.1) is 5.92 Å². The highest BCUT2D eigenvalue weighted by molar-refractivity contribution is 5.55. The molecule has 2 aromatic rings. The van der Waals surface area contributed by atoms with E-state index in [1.54, 1.807) is 14.2 Å². The first-order valence-electron chi connectivity index (χ1n) is 8.93. The molecule has 1 aliphatic rings. The summed E-state index contributed by atoms with van der Waals surface area (Å²) in [6.45, 7) is 4.04. The first-order valence-corrected chi connectivity index (χ1v) is 8.93. The number of hydrogen-bond donors (Lipinski definition) is 2. The second-order valence-electron chi connectivity index (χ2n) is 6.81. The zero-order valence-electron chi connectivity index (χ0n) is 15.4. The summed E-state index contributed by atoms with van der Waals surface area (Å²) in [5.74, 6) is 1.39. The van der Waals surface area contributed by atoms with Gasteiger partial charge in [-0.05, 0) is 36.0 Å². The van der Waals surface area contributed by atoms with E-state index in [4.69, 9.17) is 15.2 Å². The first kappa shape index (κ1) is 18.5. The molecule has 0 radical (unpaired) electrons. The molecule has 2 aromatic carbocycles. The summed E-state index contributed by atoms with van der Waals surface area (Å²) in [6.07, 6.45) is 3.30. The topological polar surface area (TPSA) is 64.7 Å². The van der Waals surface area contributed by atoms with Gasteiger partial charge in [-0.1, -0.05) is 42.5 Å². The number of fused-ring (bicyclic) bond motifs is 1. The maximum Gasteiger partial charge on any atom is 0.164 e. The fraction of sp³-hybridized carbons (Fsp3) is 0.364. The number of allylic oxidation sites excluding steroid dienone is 1. The third-order valence-electron chi connectivity index (χ3n) is 5.60. The molecule has 3 N–H and O–H groups in total. The lowest BCUT2D eigenvalue weighted by Crippen LogP contribution is -2.48. The van der Waals surface area contributed by atoms with E-state index in [9.17, 15) is 5.11 Å². The Morgan fingerprint density at radius 2 is 1.92 bits per heavy atom. The van der Waals surface area contributed by atoms with Crippen LogP contribution in [0.4, 0.5) is 0 Å². The van der Waals surface area contributed by atoms with Crippen LogP contribution in [0.3, 0.4) is 0 Å². The molecule has 0 heterocycles. The van der Waals surface area contributed by atoms with Crippen LogP contribution in [-0.4, -0.2) is 25.9 Å². The van der Waals surface area contributed by atoms with Gasteiger partial charge in [-0.15, -0.1) is 6.58 Å². The van der Waals surface area contributed by atoms with Gasteiger partial charge in [0.15, 0.2) is 11.5 Å². The molecule has 0 amide bonds. The molecule has 0 saturated heterocycles. The van der Waals surface area contributed by atoms with Crippen LogP contribution in [0.2, 0.25) is 0 Å². The lowest BCUT2D eigenvalue weighted by atomic mass is 9.62. The van der Waals surface area contributed by atoms with E-state index >= 15 is 0 Å². The molecule has 3 atom stereocenters. The zero-order valence-corrected chi connectivity index (χ0v) is 15.4. The Morgan fingerprint density at radius 1 is 1.19 bits per heavy atom. The Bertz CT molecular complexity index is 774. The quantitative estimate of drug-likeness (QED) is 0.782. The standard InChI is InChI=1S/C22H27NO3/c1-4-8-18-16(15-9-6-5-7-10-15)13-17-19(22(18,24)14-23)11-12-20(25-2)21(17)26-3/h4-7,9-12,16,18,24H,1,8,13-14,23H2,2-3H3. The van der Waals surface area contributed by atoms with Gasteiger partial charge in [0, 0.05) is 18.0 Å². The molecule has 0 aliphatic heterocycles. The fourth-order valence-corrected chi connectivity index (χ4v) is 4.34. The highest BCUT2D eigenvalue weighted by Gasteiger charge is 2.47. The van der Waals surface area contributed by atoms with Gasteiger partial charge < -0.3 is 20.3 Å². The average molecular weight is 353 g/mol. The van der Waals surface area contributed by atoms with Crippen molar-refractivity contribution in [3.05, 3.63) is 71.8 Å². The smallest absolute Gasteiger partial charge is 0.164 e. The maximum atomic E-state index is 11.7. The van der Waals surface area contributed by atoms with Crippen LogP contribution < -0.4 is 15.2 Å². The zero-order chi connectivity index (χ0) is 18.7. The van der Waals surface area contributed by atoms with Crippen LogP contribution in [0.5, 0.6) is 11.5 Å². The van der Waals surface area contributed by atoms with Gasteiger partial charge in [0.25, 0.3) is 0 Å². The SMILES string of the molecule is C=CCC1C(c2ccccc2)Cc2c(ccc(OC)c2OC)C1(O)CN. The number of nitrogens with two attached hydrogens (primary N) is 1. The second-order valence-corrected chi connectivity index (χ2v) is 6.81. The van der Waals surface area contributed by atoms with E-state index in [0.717, 1.165) is 17.5 Å². The lowest BCUT2D eigenvalue weighted by molar-refractivity contribution is -0.0352. The molecule has 26 heavy (non-hydrogen) atoms. The monoisotopic (exact) mass is 353 g/mol. The summed E-state index contributed by atoms with van der Waals surface area (Å²) in [7, 11) is 3.25. The fourth-order valence-electron chi connectivity index (χ4n) is 4.34. The minimum absolute atomic E-state index is 0.0574. The van der Waals surface area contributed by atoms with Crippen molar-refractivity contribution in [3.8, 4) is 11.5 Å². The normalized spacial score (nSPS) is 24.6. The molecule has 0 aromatic heterocycles. The molecule has 0 fully saturated rings. The van der Waals surface area contributed by atoms with Crippen LogP contribution in [-0.2, 0) is 12.0 Å². The molecular weight excluding hydrogens is 326 g/mol. The van der Waals surface area contributed by atoms with Gasteiger partial charge in [-0.2, -0.15) is 0 Å². The van der Waals surface area contributed by atoms with Crippen molar-refractivity contribution < 1.29 is 14.6 Å². The highest BCUT2D eigenvalue weighted by atomic mass is 16.5. The molecule has 0 bridgehead atoms. The molecule has 138 valence electrons. The first-order chi connectivity index (χ1) is 12.6. The van der Waals surface area contributed by atoms with E-state index in [0.29, 0.717) is 17.9 Å². The molecule has 3 rings (SSSR count). The van der Waals surface area contributed by atoms with Crippen molar-refractivity contribution in [2.24, 2.45) is 11.7 Å². The maximum absolute atomic E-state index is 11.7. The molecule has 0 saturated carbocycles. The van der Waals surface area contributed by atoms with Gasteiger partial charge in [0.05, 0.1) is 14.2 Å². The summed E-state index contributed by atoms with van der Waals surface area (Å²) in [6, 6.07) is 14.0. The number of ether oxygens (including phenoxy) is 2. The summed E-state index contributed by atoms with van der Waals surface area (Å²) in [5, 5.41) is 11.7. The van der Waals surface area contributed by atoms with E-state index in [1.165, 1.54) is 5.56 Å². The third-order valence-corrected chi connectivity index (χ3v) is 5.60. The van der Waals surface area contributed by atoms with Crippen LogP contribution in [0.1, 0.15) is 29.0 Å². The van der Waals surface area contributed by atoms with Crippen LogP contribution >= 0.6 is 0 Å². The molecular formula is C22H27NO3. The molecule has 0 spiro atoms. The summed E-state index contributed by atoms with van der Waals surface area (Å²) >= 11 is 0. The van der Waals surface area contributed by atoms with Crippen molar-refractivity contribution in [2.45, 2.75) is 24.4 Å². The Morgan fingerprint density at radius 3 is 2.50 bits per heavy atom. The molecule has 3 unspecified atom stereocenters. The van der Waals surface area contributed by atoms with Gasteiger partial charge in [-0.25, -0.2) is 0 Å². The predicted molar refractivity (Wildman–Crippen MR) is 104 cm³/mol. The molecule has 4 nitrogen and oxygen atoms in total. The second kappa shape index (κ2) is 7.52. The minimum Gasteiger partial charge on any atom is -0.493 e. The Kier molecular flexibility index (Phi) is 5.35. The number of benzene rings is 2. The summed E-state index contributed by atoms with van der Waals surface area (Å²) in [4.78, 5) is 0. The van der Waals surface area contributed by atoms with Gasteiger partial charge in [0.1, 0.15) is 5.60 Å².